The van der Waals surface area contributed by atoms with Crippen LogP contribution in [0.25, 0.3) is 0 Å². The number of hydrogen-bond acceptors (Lipinski definition) is 4. The van der Waals surface area contributed by atoms with Crippen LogP contribution in [0.15, 0.2) is 18.2 Å². The van der Waals surface area contributed by atoms with Gasteiger partial charge in [-0.3, -0.25) is 0 Å². The van der Waals surface area contributed by atoms with Crippen molar-refractivity contribution in [2.24, 2.45) is 0 Å². The highest BCUT2D eigenvalue weighted by molar-refractivity contribution is 5.42. The Balaban J connectivity index is 1.79. The maximum atomic E-state index is 5.65. The number of hydrogen-bond donors (Lipinski definition) is 1. The number of rotatable bonds is 9. The summed E-state index contributed by atoms with van der Waals surface area (Å²) in [6.45, 7) is 9.53. The molecule has 1 fully saturated rings. The van der Waals surface area contributed by atoms with Crippen molar-refractivity contribution in [3.05, 3.63) is 23.8 Å². The summed E-state index contributed by atoms with van der Waals surface area (Å²) in [5.74, 6) is 1.64. The molecule has 0 spiro atoms. The number of likely N-dealkylation sites (tertiary alicyclic amines) is 1. The summed E-state index contributed by atoms with van der Waals surface area (Å²) < 4.78 is 11.0. The number of piperidine rings is 1. The Bertz CT molecular complexity index is 457. The van der Waals surface area contributed by atoms with Crippen molar-refractivity contribution < 1.29 is 9.47 Å². The molecule has 0 saturated carbocycles. The van der Waals surface area contributed by atoms with Crippen LogP contribution in [0.4, 0.5) is 0 Å². The minimum atomic E-state index is 0.630. The molecule has 1 aromatic rings. The monoisotopic (exact) mass is 320 g/mol. The van der Waals surface area contributed by atoms with Gasteiger partial charge in [0, 0.05) is 12.6 Å². The molecule has 0 atom stereocenters. The van der Waals surface area contributed by atoms with Crippen LogP contribution in [0.5, 0.6) is 11.5 Å². The molecule has 1 heterocycles. The van der Waals surface area contributed by atoms with Gasteiger partial charge >= 0.3 is 0 Å². The van der Waals surface area contributed by atoms with Crippen LogP contribution in [0.3, 0.4) is 0 Å². The minimum absolute atomic E-state index is 0.630. The van der Waals surface area contributed by atoms with Crippen molar-refractivity contribution in [1.29, 1.82) is 0 Å². The van der Waals surface area contributed by atoms with Crippen LogP contribution in [0.1, 0.15) is 45.1 Å². The highest BCUT2D eigenvalue weighted by Crippen LogP contribution is 2.28. The van der Waals surface area contributed by atoms with Gasteiger partial charge in [0.1, 0.15) is 0 Å². The van der Waals surface area contributed by atoms with Crippen LogP contribution in [0, 0.1) is 0 Å². The first-order valence-electron chi connectivity index (χ1n) is 9.02. The average Bonchev–Trinajstić information content (AvgIpc) is 2.59. The van der Waals surface area contributed by atoms with Gasteiger partial charge in [0.15, 0.2) is 11.5 Å². The molecule has 4 heteroatoms. The lowest BCUT2D eigenvalue weighted by Crippen LogP contribution is -2.42. The molecule has 0 unspecified atom stereocenters. The Morgan fingerprint density at radius 1 is 1.17 bits per heavy atom. The standard InChI is InChI=1S/C19H32N2O2/c1-4-6-11-21-12-9-17(10-13-21)20-15-16-7-8-18(22-3)19(14-16)23-5-2/h7-8,14,17,20H,4-6,9-13,15H2,1-3H3. The normalized spacial score (nSPS) is 16.5. The number of methoxy groups -OCH3 is 1. The van der Waals surface area contributed by atoms with Crippen molar-refractivity contribution in [1.82, 2.24) is 10.2 Å². The molecule has 0 radical (unpaired) electrons. The third kappa shape index (κ3) is 5.70. The molecule has 0 aliphatic carbocycles. The zero-order chi connectivity index (χ0) is 16.5. The second kappa shape index (κ2) is 9.78. The molecule has 0 aromatic heterocycles. The molecule has 0 bridgehead atoms. The quantitative estimate of drug-likeness (QED) is 0.755. The predicted octanol–water partition coefficient (Wildman–Crippen LogP) is 3.45. The van der Waals surface area contributed by atoms with Gasteiger partial charge in [0.05, 0.1) is 13.7 Å². The third-order valence-corrected chi connectivity index (χ3v) is 4.54. The lowest BCUT2D eigenvalue weighted by molar-refractivity contribution is 0.195. The van der Waals surface area contributed by atoms with E-state index in [9.17, 15) is 0 Å². The topological polar surface area (TPSA) is 33.7 Å². The molecule has 2 rings (SSSR count). The molecule has 1 N–H and O–H groups in total. The van der Waals surface area contributed by atoms with Gasteiger partial charge in [-0.2, -0.15) is 0 Å². The van der Waals surface area contributed by atoms with Gasteiger partial charge in [-0.1, -0.05) is 19.4 Å². The molecule has 1 aliphatic heterocycles. The third-order valence-electron chi connectivity index (χ3n) is 4.54. The van der Waals surface area contributed by atoms with Crippen LogP contribution < -0.4 is 14.8 Å². The highest BCUT2D eigenvalue weighted by Gasteiger charge is 2.18. The van der Waals surface area contributed by atoms with Crippen molar-refractivity contribution >= 4 is 0 Å². The summed E-state index contributed by atoms with van der Waals surface area (Å²) in [7, 11) is 1.68. The van der Waals surface area contributed by atoms with Crippen molar-refractivity contribution in [3.8, 4) is 11.5 Å². The number of nitrogens with zero attached hydrogens (tertiary/aromatic N) is 1. The Hall–Kier alpha value is -1.26. The summed E-state index contributed by atoms with van der Waals surface area (Å²) in [5, 5.41) is 3.70. The lowest BCUT2D eigenvalue weighted by Gasteiger charge is -2.32. The van der Waals surface area contributed by atoms with E-state index in [-0.39, 0.29) is 0 Å². The maximum Gasteiger partial charge on any atom is 0.161 e. The molecule has 1 aromatic carbocycles. The zero-order valence-electron chi connectivity index (χ0n) is 14.9. The van der Waals surface area contributed by atoms with Crippen molar-refractivity contribution in [3.63, 3.8) is 0 Å². The first kappa shape index (κ1) is 18.1. The number of nitrogens with one attached hydrogen (secondary N) is 1. The van der Waals surface area contributed by atoms with Gasteiger partial charge in [-0.05, 0) is 63.5 Å². The van der Waals surface area contributed by atoms with E-state index in [1.807, 2.05) is 13.0 Å². The Labute approximate surface area is 141 Å². The first-order valence-corrected chi connectivity index (χ1v) is 9.02. The Kier molecular flexibility index (Phi) is 7.69. The molecule has 23 heavy (non-hydrogen) atoms. The van der Waals surface area contributed by atoms with Gasteiger partial charge in [-0.25, -0.2) is 0 Å². The number of ether oxygens (including phenoxy) is 2. The second-order valence-corrected chi connectivity index (χ2v) is 6.27. The van der Waals surface area contributed by atoms with E-state index in [0.29, 0.717) is 12.6 Å². The fraction of sp³-hybridized carbons (Fsp3) is 0.684. The van der Waals surface area contributed by atoms with Crippen LogP contribution >= 0.6 is 0 Å². The summed E-state index contributed by atoms with van der Waals surface area (Å²) in [4.78, 5) is 2.60. The highest BCUT2D eigenvalue weighted by atomic mass is 16.5. The van der Waals surface area contributed by atoms with Crippen molar-refractivity contribution in [2.45, 2.75) is 52.1 Å². The van der Waals surface area contributed by atoms with E-state index in [1.165, 1.54) is 50.9 Å². The fourth-order valence-corrected chi connectivity index (χ4v) is 3.10. The van der Waals surface area contributed by atoms with E-state index >= 15 is 0 Å². The van der Waals surface area contributed by atoms with Crippen LogP contribution in [0.2, 0.25) is 0 Å². The fourth-order valence-electron chi connectivity index (χ4n) is 3.10. The van der Waals surface area contributed by atoms with E-state index in [0.717, 1.165) is 18.0 Å². The zero-order valence-corrected chi connectivity index (χ0v) is 14.9. The smallest absolute Gasteiger partial charge is 0.161 e. The summed E-state index contributed by atoms with van der Waals surface area (Å²) >= 11 is 0. The van der Waals surface area contributed by atoms with Gasteiger partial charge in [-0.15, -0.1) is 0 Å². The first-order chi connectivity index (χ1) is 11.3. The molecule has 1 saturated heterocycles. The molecular weight excluding hydrogens is 288 g/mol. The van der Waals surface area contributed by atoms with Crippen molar-refractivity contribution in [2.75, 3.05) is 33.4 Å². The van der Waals surface area contributed by atoms with Gasteiger partial charge in [0.25, 0.3) is 0 Å². The van der Waals surface area contributed by atoms with E-state index < -0.39 is 0 Å². The second-order valence-electron chi connectivity index (χ2n) is 6.27. The lowest BCUT2D eigenvalue weighted by atomic mass is 10.0. The number of benzene rings is 1. The summed E-state index contributed by atoms with van der Waals surface area (Å²) in [5.41, 5.74) is 1.25. The largest absolute Gasteiger partial charge is 0.493 e. The molecule has 4 nitrogen and oxygen atoms in total. The van der Waals surface area contributed by atoms with E-state index in [4.69, 9.17) is 9.47 Å². The predicted molar refractivity (Wildman–Crippen MR) is 95.4 cm³/mol. The average molecular weight is 320 g/mol. The maximum absolute atomic E-state index is 5.65. The SMILES string of the molecule is CCCCN1CCC(NCc2ccc(OC)c(OCC)c2)CC1. The molecular formula is C19H32N2O2. The summed E-state index contributed by atoms with van der Waals surface area (Å²) in [6, 6.07) is 6.83. The summed E-state index contributed by atoms with van der Waals surface area (Å²) in [6.07, 6.45) is 5.11. The number of unbranched alkanes of at least 4 members (excludes halogenated alkanes) is 1. The van der Waals surface area contributed by atoms with E-state index in [2.05, 4.69) is 29.3 Å². The molecule has 130 valence electrons. The van der Waals surface area contributed by atoms with Gasteiger partial charge in [0.2, 0.25) is 0 Å². The van der Waals surface area contributed by atoms with Crippen LogP contribution in [-0.2, 0) is 6.54 Å². The Morgan fingerprint density at radius 3 is 2.61 bits per heavy atom. The van der Waals surface area contributed by atoms with E-state index in [1.54, 1.807) is 7.11 Å². The molecule has 0 amide bonds. The minimum Gasteiger partial charge on any atom is -0.493 e. The van der Waals surface area contributed by atoms with Crippen LogP contribution in [-0.4, -0.2) is 44.3 Å². The Morgan fingerprint density at radius 2 is 1.96 bits per heavy atom. The molecule has 1 aliphatic rings. The van der Waals surface area contributed by atoms with Gasteiger partial charge < -0.3 is 19.7 Å².